The zero-order chi connectivity index (χ0) is 27.4. The minimum absolute atomic E-state index is 0.383. The lowest BCUT2D eigenvalue weighted by atomic mass is 10.0. The van der Waals surface area contributed by atoms with Crippen LogP contribution < -0.4 is 0 Å². The van der Waals surface area contributed by atoms with E-state index in [0.29, 0.717) is 0 Å². The molecule has 0 aromatic rings. The Balaban J connectivity index is 3.58. The molecule has 0 rings (SSSR count). The molecule has 2 atom stereocenters. The zero-order valence-electron chi connectivity index (χ0n) is 24.5. The molecule has 0 N–H and O–H groups in total. The summed E-state index contributed by atoms with van der Waals surface area (Å²) in [7, 11) is 0. The van der Waals surface area contributed by atoms with E-state index in [2.05, 4.69) is 45.7 Å². The number of halogens is 2. The third kappa shape index (κ3) is 26.1. The second-order valence-electron chi connectivity index (χ2n) is 11.0. The number of esters is 2. The summed E-state index contributed by atoms with van der Waals surface area (Å²) in [5.41, 5.74) is 0. The first-order valence-electron chi connectivity index (χ1n) is 16.1. The van der Waals surface area contributed by atoms with Crippen molar-refractivity contribution in [3.05, 3.63) is 0 Å². The van der Waals surface area contributed by atoms with E-state index in [1.165, 1.54) is 128 Å². The van der Waals surface area contributed by atoms with Gasteiger partial charge in [-0.25, -0.2) is 0 Å². The molecule has 0 radical (unpaired) electrons. The van der Waals surface area contributed by atoms with Gasteiger partial charge in [-0.1, -0.05) is 200 Å². The van der Waals surface area contributed by atoms with E-state index < -0.39 is 11.9 Å². The first kappa shape index (κ1) is 37.1. The van der Waals surface area contributed by atoms with Crippen molar-refractivity contribution in [3.8, 4) is 0 Å². The fourth-order valence-corrected chi connectivity index (χ4v) is 5.63. The van der Waals surface area contributed by atoms with Crippen molar-refractivity contribution in [1.82, 2.24) is 0 Å². The molecule has 0 aliphatic heterocycles. The molecule has 0 aliphatic carbocycles. The van der Waals surface area contributed by atoms with Crippen LogP contribution in [-0.2, 0) is 14.3 Å². The van der Waals surface area contributed by atoms with Crippen LogP contribution in [0.5, 0.6) is 0 Å². The third-order valence-electron chi connectivity index (χ3n) is 7.33. The van der Waals surface area contributed by atoms with Crippen molar-refractivity contribution in [3.63, 3.8) is 0 Å². The number of carbonyl (C=O) groups is 2. The highest BCUT2D eigenvalue weighted by molar-refractivity contribution is 9.10. The van der Waals surface area contributed by atoms with Gasteiger partial charge in [-0.05, 0) is 12.8 Å². The molecule has 0 saturated carbocycles. The molecule has 0 saturated heterocycles. The van der Waals surface area contributed by atoms with Crippen molar-refractivity contribution in [1.29, 1.82) is 0 Å². The topological polar surface area (TPSA) is 43.4 Å². The van der Waals surface area contributed by atoms with Crippen LogP contribution in [0.25, 0.3) is 0 Å². The molecule has 0 spiro atoms. The van der Waals surface area contributed by atoms with E-state index in [1.54, 1.807) is 0 Å². The predicted octanol–water partition coefficient (Wildman–Crippen LogP) is 11.8. The van der Waals surface area contributed by atoms with Gasteiger partial charge < -0.3 is 4.74 Å². The lowest BCUT2D eigenvalue weighted by molar-refractivity contribution is -0.158. The van der Waals surface area contributed by atoms with Gasteiger partial charge in [0.15, 0.2) is 0 Å². The fraction of sp³-hybridized carbons (Fsp3) is 0.938. The standard InChI is InChI=1S/C32H60Br2O3/c1-3-5-7-9-11-13-15-17-19-21-23-25-27-29(33)31(35)37-32(36)30(34)28-26-24-22-20-18-16-14-12-10-8-6-4-2/h29-30H,3-28H2,1-2H3. The Morgan fingerprint density at radius 3 is 0.892 bits per heavy atom. The second kappa shape index (κ2) is 29.1. The summed E-state index contributed by atoms with van der Waals surface area (Å²) in [4.78, 5) is 23.7. The summed E-state index contributed by atoms with van der Waals surface area (Å²) in [5, 5.41) is 0. The van der Waals surface area contributed by atoms with E-state index in [9.17, 15) is 9.59 Å². The smallest absolute Gasteiger partial charge is 0.327 e. The first-order chi connectivity index (χ1) is 18.0. The van der Waals surface area contributed by atoms with Crippen molar-refractivity contribution < 1.29 is 14.3 Å². The highest BCUT2D eigenvalue weighted by atomic mass is 79.9. The van der Waals surface area contributed by atoms with E-state index in [0.717, 1.165) is 38.5 Å². The molecule has 0 aromatic carbocycles. The summed E-state index contributed by atoms with van der Waals surface area (Å²) < 4.78 is 5.12. The van der Waals surface area contributed by atoms with Crippen molar-refractivity contribution in [2.75, 3.05) is 0 Å². The van der Waals surface area contributed by atoms with E-state index in [1.807, 2.05) is 0 Å². The Hall–Kier alpha value is 0.1000. The fourth-order valence-electron chi connectivity index (χ4n) is 4.79. The zero-order valence-corrected chi connectivity index (χ0v) is 27.7. The van der Waals surface area contributed by atoms with Crippen LogP contribution in [-0.4, -0.2) is 21.6 Å². The number of hydrogen-bond donors (Lipinski definition) is 0. The number of alkyl halides is 2. The lowest BCUT2D eigenvalue weighted by Crippen LogP contribution is -2.26. The number of carbonyl (C=O) groups excluding carboxylic acids is 2. The number of unbranched alkanes of at least 4 members (excludes halogenated alkanes) is 22. The van der Waals surface area contributed by atoms with Crippen molar-refractivity contribution in [2.45, 2.75) is 190 Å². The summed E-state index contributed by atoms with van der Waals surface area (Å²) in [6, 6.07) is 0. The third-order valence-corrected chi connectivity index (χ3v) is 9.00. The predicted molar refractivity (Wildman–Crippen MR) is 168 cm³/mol. The molecule has 0 fully saturated rings. The van der Waals surface area contributed by atoms with Gasteiger partial charge in [0.25, 0.3) is 0 Å². The molecular weight excluding hydrogens is 592 g/mol. The molecule has 2 unspecified atom stereocenters. The Morgan fingerprint density at radius 1 is 0.432 bits per heavy atom. The van der Waals surface area contributed by atoms with Gasteiger partial charge in [0.1, 0.15) is 9.65 Å². The highest BCUT2D eigenvalue weighted by Gasteiger charge is 2.24. The molecule has 0 aliphatic rings. The SMILES string of the molecule is CCCCCCCCCCCCCCC(Br)C(=O)OC(=O)C(Br)CCCCCCCCCCCCCC. The van der Waals surface area contributed by atoms with Gasteiger partial charge in [-0.2, -0.15) is 0 Å². The Labute approximate surface area is 247 Å². The Morgan fingerprint density at radius 2 is 0.649 bits per heavy atom. The lowest BCUT2D eigenvalue weighted by Gasteiger charge is -2.12. The molecule has 5 heteroatoms. The maximum atomic E-state index is 12.3. The molecule has 0 amide bonds. The first-order valence-corrected chi connectivity index (χ1v) is 17.9. The molecule has 3 nitrogen and oxygen atoms in total. The average molecular weight is 653 g/mol. The van der Waals surface area contributed by atoms with Crippen molar-refractivity contribution in [2.24, 2.45) is 0 Å². The van der Waals surface area contributed by atoms with E-state index in [4.69, 9.17) is 4.74 Å². The average Bonchev–Trinajstić information content (AvgIpc) is 2.89. The number of hydrogen-bond acceptors (Lipinski definition) is 3. The molecule has 37 heavy (non-hydrogen) atoms. The Kier molecular flexibility index (Phi) is 29.2. The summed E-state index contributed by atoms with van der Waals surface area (Å²) in [6.07, 6.45) is 32.6. The van der Waals surface area contributed by atoms with Gasteiger partial charge in [-0.3, -0.25) is 9.59 Å². The van der Waals surface area contributed by atoms with E-state index >= 15 is 0 Å². The van der Waals surface area contributed by atoms with Gasteiger partial charge in [0, 0.05) is 0 Å². The van der Waals surface area contributed by atoms with Gasteiger partial charge in [0.2, 0.25) is 0 Å². The molecular formula is C32H60Br2O3. The monoisotopic (exact) mass is 650 g/mol. The molecule has 0 heterocycles. The van der Waals surface area contributed by atoms with Crippen LogP contribution in [0.2, 0.25) is 0 Å². The molecule has 220 valence electrons. The van der Waals surface area contributed by atoms with Crippen LogP contribution in [0.4, 0.5) is 0 Å². The minimum Gasteiger partial charge on any atom is -0.391 e. The Bertz CT molecular complexity index is 468. The summed E-state index contributed by atoms with van der Waals surface area (Å²) >= 11 is 6.84. The van der Waals surface area contributed by atoms with Gasteiger partial charge in [0.05, 0.1) is 0 Å². The van der Waals surface area contributed by atoms with Crippen molar-refractivity contribution >= 4 is 43.8 Å². The van der Waals surface area contributed by atoms with Gasteiger partial charge >= 0.3 is 11.9 Å². The summed E-state index contributed by atoms with van der Waals surface area (Å²) in [5.74, 6) is -0.876. The van der Waals surface area contributed by atoms with Crippen LogP contribution in [0, 0.1) is 0 Å². The van der Waals surface area contributed by atoms with Gasteiger partial charge in [-0.15, -0.1) is 0 Å². The maximum Gasteiger partial charge on any atom is 0.327 e. The second-order valence-corrected chi connectivity index (χ2v) is 13.2. The maximum absolute atomic E-state index is 12.3. The van der Waals surface area contributed by atoms with Crippen LogP contribution >= 0.6 is 31.9 Å². The minimum atomic E-state index is -0.438. The highest BCUT2D eigenvalue weighted by Crippen LogP contribution is 2.19. The molecule has 0 aromatic heterocycles. The van der Waals surface area contributed by atoms with Crippen LogP contribution in [0.1, 0.15) is 181 Å². The largest absolute Gasteiger partial charge is 0.391 e. The van der Waals surface area contributed by atoms with E-state index in [-0.39, 0.29) is 9.65 Å². The number of ether oxygens (including phenoxy) is 1. The summed E-state index contributed by atoms with van der Waals surface area (Å²) in [6.45, 7) is 4.53. The van der Waals surface area contributed by atoms with Crippen LogP contribution in [0.3, 0.4) is 0 Å². The normalized spacial score (nSPS) is 13.0. The quantitative estimate of drug-likeness (QED) is 0.0366. The number of rotatable bonds is 28. The van der Waals surface area contributed by atoms with Crippen LogP contribution in [0.15, 0.2) is 0 Å². The molecule has 0 bridgehead atoms.